The zero-order chi connectivity index (χ0) is 17.4. The predicted molar refractivity (Wildman–Crippen MR) is 76.6 cm³/mol. The molecule has 0 aliphatic carbocycles. The molecule has 3 amide bonds. The number of aromatic nitrogens is 3. The highest BCUT2D eigenvalue weighted by Gasteiger charge is 2.44. The Morgan fingerprint density at radius 2 is 2.12 bits per heavy atom. The fraction of sp³-hybridized carbons (Fsp3) is 0.667. The maximum atomic E-state index is 11.7. The molecule has 0 radical (unpaired) electrons. The Bertz CT molecular complexity index is 641. The molecule has 0 aromatic carbocycles. The van der Waals surface area contributed by atoms with Crippen LogP contribution in [0.2, 0.25) is 0 Å². The Morgan fingerprint density at radius 1 is 1.38 bits per heavy atom. The molecule has 1 aromatic heterocycles. The zero-order valence-corrected chi connectivity index (χ0v) is 13.1. The summed E-state index contributed by atoms with van der Waals surface area (Å²) in [5.74, 6) is -0.548. The number of alkyl halides is 1. The van der Waals surface area contributed by atoms with Crippen molar-refractivity contribution < 1.29 is 29.6 Å². The third-order valence-electron chi connectivity index (χ3n) is 3.87. The topological polar surface area (TPSA) is 150 Å². The molecule has 24 heavy (non-hydrogen) atoms. The van der Waals surface area contributed by atoms with E-state index in [4.69, 9.17) is 21.4 Å². The van der Waals surface area contributed by atoms with Gasteiger partial charge in [-0.15, -0.1) is 16.7 Å². The largest absolute Gasteiger partial charge is 0.394 e. The summed E-state index contributed by atoms with van der Waals surface area (Å²) < 4.78 is 6.53. The van der Waals surface area contributed by atoms with Crippen molar-refractivity contribution in [1.29, 1.82) is 0 Å². The second-order valence-corrected chi connectivity index (χ2v) is 6.09. The van der Waals surface area contributed by atoms with Gasteiger partial charge in [-0.2, -0.15) is 0 Å². The predicted octanol–water partition coefficient (Wildman–Crippen LogP) is -2.45. The summed E-state index contributed by atoms with van der Waals surface area (Å²) in [6.45, 7) is -0.362. The molecule has 2 unspecified atom stereocenters. The van der Waals surface area contributed by atoms with Crippen LogP contribution in [0, 0.1) is 0 Å². The van der Waals surface area contributed by atoms with Crippen LogP contribution in [-0.4, -0.2) is 84.0 Å². The lowest BCUT2D eigenvalue weighted by Crippen LogP contribution is -2.54. The first-order valence-corrected chi connectivity index (χ1v) is 7.61. The number of hydrogen-bond donors (Lipinski definition) is 4. The number of amides is 3. The minimum atomic E-state index is -1.28. The van der Waals surface area contributed by atoms with E-state index in [9.17, 15) is 19.8 Å². The van der Waals surface area contributed by atoms with Crippen LogP contribution in [-0.2, 0) is 16.1 Å². The second-order valence-electron chi connectivity index (χ2n) is 5.56. The molecule has 1 aromatic rings. The number of carbonyl (C=O) groups excluding carboxylic acids is 2. The van der Waals surface area contributed by atoms with E-state index < -0.39 is 48.5 Å². The molecule has 132 valence electrons. The van der Waals surface area contributed by atoms with Gasteiger partial charge in [0.2, 0.25) is 5.91 Å². The summed E-state index contributed by atoms with van der Waals surface area (Å²) in [4.78, 5) is 24.3. The fourth-order valence-electron chi connectivity index (χ4n) is 2.56. The number of urea groups is 1. The molecule has 2 saturated heterocycles. The molecule has 5 atom stereocenters. The molecule has 11 nitrogen and oxygen atoms in total. The van der Waals surface area contributed by atoms with Gasteiger partial charge in [0.1, 0.15) is 29.4 Å². The van der Waals surface area contributed by atoms with Crippen LogP contribution in [0.4, 0.5) is 4.79 Å². The van der Waals surface area contributed by atoms with Crippen molar-refractivity contribution in [2.24, 2.45) is 0 Å². The normalized spacial score (nSPS) is 33.8. The molecule has 2 aliphatic rings. The smallest absolute Gasteiger partial charge is 0.324 e. The molecule has 12 heteroatoms. The van der Waals surface area contributed by atoms with E-state index in [-0.39, 0.29) is 13.1 Å². The number of aliphatic hydroxyl groups excluding tert-OH is 3. The Balaban J connectivity index is 1.68. The average Bonchev–Trinajstić information content (AvgIpc) is 3.11. The van der Waals surface area contributed by atoms with E-state index in [0.29, 0.717) is 5.69 Å². The maximum absolute atomic E-state index is 11.7. The second kappa shape index (κ2) is 6.61. The first-order chi connectivity index (χ1) is 11.4. The SMILES string of the molecule is O=C1NC(=O)N(Cc2cn([C@@H]3O[C@H](CO)[C@H](O)C3O)nn2)CC1Cl. The van der Waals surface area contributed by atoms with Crippen molar-refractivity contribution in [1.82, 2.24) is 25.2 Å². The summed E-state index contributed by atoms with van der Waals surface area (Å²) in [6, 6.07) is -0.584. The quantitative estimate of drug-likeness (QED) is 0.431. The van der Waals surface area contributed by atoms with E-state index in [1.807, 2.05) is 0 Å². The van der Waals surface area contributed by atoms with Crippen molar-refractivity contribution in [2.45, 2.75) is 36.5 Å². The van der Waals surface area contributed by atoms with Gasteiger partial charge in [-0.25, -0.2) is 9.48 Å². The standard InChI is InChI=1S/C12H16ClN5O6/c13-6-3-17(12(23)14-10(6)22)1-5-2-18(16-15-5)11-9(21)8(20)7(4-19)24-11/h2,6-9,11,19-21H,1,3-4H2,(H,14,22,23)/t6?,7-,8+,9?,11-/m1/s1. The first-order valence-electron chi connectivity index (χ1n) is 7.17. The van der Waals surface area contributed by atoms with E-state index >= 15 is 0 Å². The average molecular weight is 362 g/mol. The number of rotatable bonds is 4. The van der Waals surface area contributed by atoms with E-state index in [0.717, 1.165) is 0 Å². The van der Waals surface area contributed by atoms with Gasteiger partial charge in [0.15, 0.2) is 6.23 Å². The molecule has 3 heterocycles. The number of hydrogen-bond acceptors (Lipinski definition) is 8. The molecule has 0 spiro atoms. The van der Waals surface area contributed by atoms with Gasteiger partial charge in [-0.1, -0.05) is 5.21 Å². The fourth-order valence-corrected chi connectivity index (χ4v) is 2.78. The molecule has 3 rings (SSSR count). The highest BCUT2D eigenvalue weighted by Crippen LogP contribution is 2.28. The Morgan fingerprint density at radius 3 is 2.79 bits per heavy atom. The van der Waals surface area contributed by atoms with Crippen LogP contribution in [0.15, 0.2) is 6.20 Å². The van der Waals surface area contributed by atoms with Crippen LogP contribution in [0.1, 0.15) is 11.9 Å². The number of nitrogens with one attached hydrogen (secondary N) is 1. The van der Waals surface area contributed by atoms with Crippen LogP contribution in [0.3, 0.4) is 0 Å². The number of imide groups is 1. The molecule has 4 N–H and O–H groups in total. The summed E-state index contributed by atoms with van der Waals surface area (Å²) in [7, 11) is 0. The Labute approximate surface area is 140 Å². The summed E-state index contributed by atoms with van der Waals surface area (Å²) in [5.41, 5.74) is 0.376. The van der Waals surface area contributed by atoms with Gasteiger partial charge in [0, 0.05) is 6.54 Å². The molecular weight excluding hydrogens is 346 g/mol. The lowest BCUT2D eigenvalue weighted by Gasteiger charge is -2.28. The van der Waals surface area contributed by atoms with Gasteiger partial charge in [-0.05, 0) is 0 Å². The van der Waals surface area contributed by atoms with Crippen molar-refractivity contribution in [3.05, 3.63) is 11.9 Å². The highest BCUT2D eigenvalue weighted by molar-refractivity contribution is 6.32. The third kappa shape index (κ3) is 3.08. The number of nitrogens with zero attached hydrogens (tertiary/aromatic N) is 4. The summed E-state index contributed by atoms with van der Waals surface area (Å²) in [5, 5.41) is 37.7. The Kier molecular flexibility index (Phi) is 4.69. The van der Waals surface area contributed by atoms with Crippen molar-refractivity contribution in [3.8, 4) is 0 Å². The van der Waals surface area contributed by atoms with Crippen LogP contribution < -0.4 is 5.32 Å². The Hall–Kier alpha value is -1.79. The van der Waals surface area contributed by atoms with Gasteiger partial charge in [0.25, 0.3) is 0 Å². The molecular formula is C12H16ClN5O6. The lowest BCUT2D eigenvalue weighted by atomic mass is 10.1. The first kappa shape index (κ1) is 17.0. The lowest BCUT2D eigenvalue weighted by molar-refractivity contribution is -0.121. The van der Waals surface area contributed by atoms with Gasteiger partial charge in [-0.3, -0.25) is 10.1 Å². The van der Waals surface area contributed by atoms with Crippen molar-refractivity contribution in [3.63, 3.8) is 0 Å². The number of ether oxygens (including phenoxy) is 1. The van der Waals surface area contributed by atoms with Crippen molar-refractivity contribution in [2.75, 3.05) is 13.2 Å². The van der Waals surface area contributed by atoms with Gasteiger partial charge < -0.3 is 25.0 Å². The number of halogens is 1. The molecule has 2 aliphatic heterocycles. The summed E-state index contributed by atoms with van der Waals surface area (Å²) in [6.07, 6.45) is -3.01. The third-order valence-corrected chi connectivity index (χ3v) is 4.21. The molecule has 0 saturated carbocycles. The highest BCUT2D eigenvalue weighted by atomic mass is 35.5. The minimum absolute atomic E-state index is 0.0347. The van der Waals surface area contributed by atoms with Crippen LogP contribution in [0.5, 0.6) is 0 Å². The maximum Gasteiger partial charge on any atom is 0.324 e. The van der Waals surface area contributed by atoms with E-state index in [1.54, 1.807) is 0 Å². The number of carbonyl (C=O) groups is 2. The number of aliphatic hydroxyl groups is 3. The van der Waals surface area contributed by atoms with Gasteiger partial charge in [0.05, 0.1) is 19.3 Å². The monoisotopic (exact) mass is 361 g/mol. The molecule has 2 fully saturated rings. The zero-order valence-electron chi connectivity index (χ0n) is 12.3. The molecule has 0 bridgehead atoms. The summed E-state index contributed by atoms with van der Waals surface area (Å²) >= 11 is 5.82. The van der Waals surface area contributed by atoms with Crippen molar-refractivity contribution >= 4 is 23.5 Å². The van der Waals surface area contributed by atoms with E-state index in [2.05, 4.69) is 15.6 Å². The van der Waals surface area contributed by atoms with Crippen LogP contribution >= 0.6 is 11.6 Å². The minimum Gasteiger partial charge on any atom is -0.394 e. The van der Waals surface area contributed by atoms with Crippen LogP contribution in [0.25, 0.3) is 0 Å². The van der Waals surface area contributed by atoms with Gasteiger partial charge >= 0.3 is 6.03 Å². The van der Waals surface area contributed by atoms with E-state index in [1.165, 1.54) is 15.8 Å².